The molecule has 0 N–H and O–H groups in total. The maximum atomic E-state index is 11.9. The Bertz CT molecular complexity index is 603. The molecular formula is C13H18N4O2S. The fourth-order valence-electron chi connectivity index (χ4n) is 1.64. The van der Waals surface area contributed by atoms with Crippen LogP contribution in [0.3, 0.4) is 0 Å². The first-order valence-electron chi connectivity index (χ1n) is 6.46. The average molecular weight is 294 g/mol. The van der Waals surface area contributed by atoms with E-state index in [1.54, 1.807) is 16.0 Å². The van der Waals surface area contributed by atoms with E-state index in [-0.39, 0.29) is 5.69 Å². The molecule has 0 aliphatic heterocycles. The monoisotopic (exact) mass is 294 g/mol. The molecule has 20 heavy (non-hydrogen) atoms. The van der Waals surface area contributed by atoms with Crippen LogP contribution in [0.2, 0.25) is 0 Å². The number of hydrogen-bond acceptors (Lipinski definition) is 6. The predicted molar refractivity (Wildman–Crippen MR) is 75.8 cm³/mol. The highest BCUT2D eigenvalue weighted by Gasteiger charge is 2.18. The number of thiazole rings is 1. The second kappa shape index (κ2) is 6.13. The molecule has 0 spiro atoms. The van der Waals surface area contributed by atoms with Crippen molar-refractivity contribution in [3.05, 3.63) is 27.5 Å². The highest BCUT2D eigenvalue weighted by molar-refractivity contribution is 7.11. The van der Waals surface area contributed by atoms with Crippen molar-refractivity contribution in [2.45, 2.75) is 34.2 Å². The summed E-state index contributed by atoms with van der Waals surface area (Å²) in [4.78, 5) is 17.2. The molecule has 0 radical (unpaired) electrons. The van der Waals surface area contributed by atoms with Gasteiger partial charge in [-0.15, -0.1) is 16.4 Å². The van der Waals surface area contributed by atoms with E-state index in [0.717, 1.165) is 9.88 Å². The maximum Gasteiger partial charge on any atom is 0.360 e. The molecule has 0 unspecified atom stereocenters. The van der Waals surface area contributed by atoms with E-state index < -0.39 is 5.97 Å². The Morgan fingerprint density at radius 1 is 1.45 bits per heavy atom. The minimum Gasteiger partial charge on any atom is -0.461 e. The molecule has 2 rings (SSSR count). The fraction of sp³-hybridized carbons (Fsp3) is 0.538. The van der Waals surface area contributed by atoms with Gasteiger partial charge >= 0.3 is 5.97 Å². The van der Waals surface area contributed by atoms with Crippen molar-refractivity contribution >= 4 is 17.3 Å². The topological polar surface area (TPSA) is 69.9 Å². The van der Waals surface area contributed by atoms with Gasteiger partial charge in [0.1, 0.15) is 0 Å². The van der Waals surface area contributed by atoms with E-state index in [2.05, 4.69) is 15.3 Å². The van der Waals surface area contributed by atoms with Gasteiger partial charge in [-0.25, -0.2) is 14.5 Å². The highest BCUT2D eigenvalue weighted by Crippen LogP contribution is 2.15. The Labute approximate surface area is 121 Å². The largest absolute Gasteiger partial charge is 0.461 e. The second-order valence-corrected chi connectivity index (χ2v) is 6.34. The van der Waals surface area contributed by atoms with E-state index in [9.17, 15) is 4.79 Å². The molecule has 0 saturated heterocycles. The minimum absolute atomic E-state index is 0.284. The van der Waals surface area contributed by atoms with E-state index >= 15 is 0 Å². The van der Waals surface area contributed by atoms with Crippen LogP contribution >= 0.6 is 11.3 Å². The third-order valence-electron chi connectivity index (χ3n) is 2.70. The lowest BCUT2D eigenvalue weighted by Gasteiger charge is -2.06. The average Bonchev–Trinajstić information content (AvgIpc) is 2.95. The molecule has 108 valence electrons. The normalized spacial score (nSPS) is 11.1. The molecule has 0 fully saturated rings. The number of hydrogen-bond donors (Lipinski definition) is 0. The van der Waals surface area contributed by atoms with Crippen molar-refractivity contribution in [1.82, 2.24) is 20.0 Å². The van der Waals surface area contributed by atoms with Crippen molar-refractivity contribution < 1.29 is 9.53 Å². The lowest BCUT2D eigenvalue weighted by Crippen LogP contribution is -2.12. The summed E-state index contributed by atoms with van der Waals surface area (Å²) in [5.41, 5.74) is 0.997. The summed E-state index contributed by atoms with van der Waals surface area (Å²) in [6.45, 7) is 8.71. The van der Waals surface area contributed by atoms with E-state index in [1.807, 2.05) is 33.9 Å². The van der Waals surface area contributed by atoms with Crippen LogP contribution in [-0.2, 0) is 11.3 Å². The molecule has 0 aromatic carbocycles. The summed E-state index contributed by atoms with van der Waals surface area (Å²) < 4.78 is 6.87. The Hall–Kier alpha value is -1.76. The van der Waals surface area contributed by atoms with Crippen LogP contribution in [0, 0.1) is 19.8 Å². The quantitative estimate of drug-likeness (QED) is 0.791. The predicted octanol–water partition coefficient (Wildman–Crippen LogP) is 2.21. The maximum absolute atomic E-state index is 11.9. The molecule has 0 saturated carbocycles. The van der Waals surface area contributed by atoms with Gasteiger partial charge in [0.25, 0.3) is 0 Å². The van der Waals surface area contributed by atoms with Gasteiger partial charge in [0.2, 0.25) is 0 Å². The molecule has 0 bridgehead atoms. The van der Waals surface area contributed by atoms with Crippen LogP contribution in [-0.4, -0.2) is 32.6 Å². The van der Waals surface area contributed by atoms with Crippen LogP contribution < -0.4 is 0 Å². The van der Waals surface area contributed by atoms with Crippen molar-refractivity contribution in [3.8, 4) is 0 Å². The summed E-state index contributed by atoms with van der Waals surface area (Å²) in [6, 6.07) is 0. The first-order chi connectivity index (χ1) is 9.47. The van der Waals surface area contributed by atoms with Crippen LogP contribution in [0.25, 0.3) is 0 Å². The lowest BCUT2D eigenvalue weighted by molar-refractivity contribution is 0.0451. The summed E-state index contributed by atoms with van der Waals surface area (Å²) in [5.74, 6) is -0.114. The van der Waals surface area contributed by atoms with Gasteiger partial charge in [-0.05, 0) is 19.8 Å². The van der Waals surface area contributed by atoms with Crippen molar-refractivity contribution in [3.63, 3.8) is 0 Å². The number of carbonyl (C=O) groups is 1. The molecule has 0 aliphatic carbocycles. The van der Waals surface area contributed by atoms with Gasteiger partial charge in [-0.3, -0.25) is 0 Å². The summed E-state index contributed by atoms with van der Waals surface area (Å²) >= 11 is 1.61. The van der Waals surface area contributed by atoms with Gasteiger partial charge in [0.05, 0.1) is 23.9 Å². The molecule has 2 heterocycles. The van der Waals surface area contributed by atoms with Gasteiger partial charge in [-0.1, -0.05) is 19.1 Å². The van der Waals surface area contributed by atoms with Crippen molar-refractivity contribution in [2.75, 3.05) is 6.61 Å². The highest BCUT2D eigenvalue weighted by atomic mass is 32.1. The summed E-state index contributed by atoms with van der Waals surface area (Å²) in [5, 5.41) is 8.94. The Morgan fingerprint density at radius 2 is 2.20 bits per heavy atom. The lowest BCUT2D eigenvalue weighted by atomic mass is 10.2. The molecule has 0 amide bonds. The number of ether oxygens (including phenoxy) is 1. The van der Waals surface area contributed by atoms with Crippen molar-refractivity contribution in [2.24, 2.45) is 5.92 Å². The zero-order valence-electron chi connectivity index (χ0n) is 12.1. The SMILES string of the molecule is Cc1ncc(Cn2nnc(C(=O)OCC(C)C)c2C)s1. The van der Waals surface area contributed by atoms with Crippen LogP contribution in [0.15, 0.2) is 6.20 Å². The zero-order chi connectivity index (χ0) is 14.7. The second-order valence-electron chi connectivity index (χ2n) is 5.02. The molecule has 6 nitrogen and oxygen atoms in total. The molecule has 7 heteroatoms. The van der Waals surface area contributed by atoms with E-state index in [1.165, 1.54) is 0 Å². The van der Waals surface area contributed by atoms with Gasteiger partial charge in [0.15, 0.2) is 5.69 Å². The summed E-state index contributed by atoms with van der Waals surface area (Å²) in [7, 11) is 0. The smallest absolute Gasteiger partial charge is 0.360 e. The number of esters is 1. The Kier molecular flexibility index (Phi) is 4.49. The molecule has 2 aromatic heterocycles. The Balaban J connectivity index is 2.08. The molecule has 2 aromatic rings. The number of rotatable bonds is 5. The number of aryl methyl sites for hydroxylation is 1. The first-order valence-corrected chi connectivity index (χ1v) is 7.27. The van der Waals surface area contributed by atoms with Gasteiger partial charge < -0.3 is 4.74 Å². The molecule has 0 aliphatic rings. The van der Waals surface area contributed by atoms with Gasteiger partial charge in [-0.2, -0.15) is 0 Å². The first kappa shape index (κ1) is 14.6. The van der Waals surface area contributed by atoms with E-state index in [4.69, 9.17) is 4.74 Å². The van der Waals surface area contributed by atoms with Gasteiger partial charge in [0, 0.05) is 11.1 Å². The van der Waals surface area contributed by atoms with Crippen LogP contribution in [0.5, 0.6) is 0 Å². The van der Waals surface area contributed by atoms with Crippen molar-refractivity contribution in [1.29, 1.82) is 0 Å². The number of nitrogens with zero attached hydrogens (tertiary/aromatic N) is 4. The van der Waals surface area contributed by atoms with E-state index in [0.29, 0.717) is 24.8 Å². The fourth-order valence-corrected chi connectivity index (χ4v) is 2.41. The third kappa shape index (κ3) is 3.41. The number of aromatic nitrogens is 4. The number of carbonyl (C=O) groups excluding carboxylic acids is 1. The van der Waals surface area contributed by atoms with Crippen LogP contribution in [0.1, 0.15) is 39.9 Å². The Morgan fingerprint density at radius 3 is 2.80 bits per heavy atom. The minimum atomic E-state index is -0.414. The molecule has 0 atom stereocenters. The summed E-state index contributed by atoms with van der Waals surface area (Å²) in [6.07, 6.45) is 1.82. The molecular weight excluding hydrogens is 276 g/mol. The standard InChI is InChI=1S/C13H18N4O2S/c1-8(2)7-19-13(18)12-9(3)17(16-15-12)6-11-5-14-10(4)20-11/h5,8H,6-7H2,1-4H3. The third-order valence-corrected chi connectivity index (χ3v) is 3.60. The zero-order valence-corrected chi connectivity index (χ0v) is 12.9. The van der Waals surface area contributed by atoms with Crippen LogP contribution in [0.4, 0.5) is 0 Å².